The molecule has 0 aliphatic heterocycles. The van der Waals surface area contributed by atoms with E-state index in [4.69, 9.17) is 10.2 Å². The summed E-state index contributed by atoms with van der Waals surface area (Å²) in [7, 11) is 0. The maximum absolute atomic E-state index is 10.4. The number of aliphatic hydroxyl groups is 1. The molecule has 3 nitrogen and oxygen atoms in total. The number of unbranched alkanes of at least 4 members (excludes halogenated alkanes) is 3. The van der Waals surface area contributed by atoms with E-state index in [1.165, 1.54) is 56.9 Å². The maximum atomic E-state index is 10.4. The van der Waals surface area contributed by atoms with Crippen molar-refractivity contribution in [2.45, 2.75) is 84.0 Å². The molecule has 0 bridgehead atoms. The highest BCUT2D eigenvalue weighted by molar-refractivity contribution is 5.66. The Morgan fingerprint density at radius 1 is 1.29 bits per heavy atom. The molecule has 2 unspecified atom stereocenters. The Balaban J connectivity index is 2.00. The lowest BCUT2D eigenvalue weighted by Crippen LogP contribution is -1.98. The Morgan fingerprint density at radius 2 is 2.08 bits per heavy atom. The summed E-state index contributed by atoms with van der Waals surface area (Å²) in [5.74, 6) is 0.745. The number of allylic oxidation sites excluding steroid dienone is 3. The second-order valence-corrected chi connectivity index (χ2v) is 7.19. The zero-order valence-corrected chi connectivity index (χ0v) is 15.4. The van der Waals surface area contributed by atoms with Gasteiger partial charge in [-0.2, -0.15) is 0 Å². The predicted molar refractivity (Wildman–Crippen MR) is 100 cm³/mol. The van der Waals surface area contributed by atoms with Crippen molar-refractivity contribution in [1.82, 2.24) is 0 Å². The lowest BCUT2D eigenvalue weighted by molar-refractivity contribution is -0.136. The normalized spacial score (nSPS) is 18.9. The van der Waals surface area contributed by atoms with E-state index >= 15 is 0 Å². The third-order valence-corrected chi connectivity index (χ3v) is 5.19. The summed E-state index contributed by atoms with van der Waals surface area (Å²) in [6.45, 7) is 2.50. The Kier molecular flexibility index (Phi) is 11.5. The second kappa shape index (κ2) is 13.2. The highest BCUT2D eigenvalue weighted by Gasteiger charge is 2.14. The van der Waals surface area contributed by atoms with E-state index in [0.717, 1.165) is 18.8 Å². The average molecular weight is 337 g/mol. The van der Waals surface area contributed by atoms with Gasteiger partial charge in [0.25, 0.3) is 0 Å². The zero-order chi connectivity index (χ0) is 17.6. The third kappa shape index (κ3) is 9.92. The van der Waals surface area contributed by atoms with Crippen molar-refractivity contribution < 1.29 is 15.0 Å². The van der Waals surface area contributed by atoms with Crippen LogP contribution in [0.4, 0.5) is 0 Å². The number of aliphatic carboxylic acids is 1. The van der Waals surface area contributed by atoms with Crippen molar-refractivity contribution in [2.75, 3.05) is 6.61 Å². The fraction of sp³-hybridized carbons (Fsp3) is 0.762. The summed E-state index contributed by atoms with van der Waals surface area (Å²) < 4.78 is 0. The lowest BCUT2D eigenvalue weighted by atomic mass is 9.94. The molecule has 0 fully saturated rings. The number of rotatable bonds is 14. The molecule has 0 aromatic rings. The molecule has 1 rings (SSSR count). The van der Waals surface area contributed by atoms with E-state index < -0.39 is 5.97 Å². The standard InChI is InChI=1S/C21H36O3/c1-2-18(11-8-5-9-13-21(23)24)10-6-3-4-7-12-19-14-15-20(16-19)17-22/h5,8,16,18-19,22H,2-4,6-7,9-15,17H2,1H3,(H,23,24). The molecule has 1 aliphatic rings. The minimum atomic E-state index is -0.715. The van der Waals surface area contributed by atoms with Crippen LogP contribution in [0.3, 0.4) is 0 Å². The first-order valence-corrected chi connectivity index (χ1v) is 9.82. The minimum Gasteiger partial charge on any atom is -0.481 e. The smallest absolute Gasteiger partial charge is 0.303 e. The van der Waals surface area contributed by atoms with E-state index in [1.54, 1.807) is 0 Å². The summed E-state index contributed by atoms with van der Waals surface area (Å²) in [6.07, 6.45) is 19.8. The van der Waals surface area contributed by atoms with Gasteiger partial charge in [0.05, 0.1) is 6.61 Å². The molecule has 2 N–H and O–H groups in total. The van der Waals surface area contributed by atoms with E-state index in [-0.39, 0.29) is 13.0 Å². The summed E-state index contributed by atoms with van der Waals surface area (Å²) in [6, 6.07) is 0. The van der Waals surface area contributed by atoms with E-state index in [0.29, 0.717) is 12.3 Å². The van der Waals surface area contributed by atoms with Crippen LogP contribution < -0.4 is 0 Å². The largest absolute Gasteiger partial charge is 0.481 e. The van der Waals surface area contributed by atoms with Gasteiger partial charge in [0, 0.05) is 6.42 Å². The molecule has 24 heavy (non-hydrogen) atoms. The number of hydrogen-bond acceptors (Lipinski definition) is 2. The van der Waals surface area contributed by atoms with Crippen LogP contribution in [-0.4, -0.2) is 22.8 Å². The summed E-state index contributed by atoms with van der Waals surface area (Å²) in [5.41, 5.74) is 1.24. The van der Waals surface area contributed by atoms with Gasteiger partial charge in [0.15, 0.2) is 0 Å². The number of aliphatic hydroxyl groups excluding tert-OH is 1. The summed E-state index contributed by atoms with van der Waals surface area (Å²) in [4.78, 5) is 10.4. The minimum absolute atomic E-state index is 0.239. The van der Waals surface area contributed by atoms with E-state index in [1.807, 2.05) is 6.08 Å². The monoisotopic (exact) mass is 336 g/mol. The number of carbonyl (C=O) groups is 1. The van der Waals surface area contributed by atoms with Crippen molar-refractivity contribution in [1.29, 1.82) is 0 Å². The summed E-state index contributed by atoms with van der Waals surface area (Å²) in [5, 5.41) is 17.7. The van der Waals surface area contributed by atoms with Gasteiger partial charge in [-0.15, -0.1) is 0 Å². The summed E-state index contributed by atoms with van der Waals surface area (Å²) >= 11 is 0. The molecule has 0 radical (unpaired) electrons. The Bertz CT molecular complexity index is 398. The van der Waals surface area contributed by atoms with E-state index in [9.17, 15) is 4.79 Å². The van der Waals surface area contributed by atoms with Crippen LogP contribution in [-0.2, 0) is 4.79 Å². The highest BCUT2D eigenvalue weighted by Crippen LogP contribution is 2.28. The average Bonchev–Trinajstić information content (AvgIpc) is 3.03. The number of hydrogen-bond donors (Lipinski definition) is 2. The Hall–Kier alpha value is -1.09. The van der Waals surface area contributed by atoms with E-state index in [2.05, 4.69) is 19.1 Å². The van der Waals surface area contributed by atoms with Crippen molar-refractivity contribution in [3.63, 3.8) is 0 Å². The van der Waals surface area contributed by atoms with Crippen molar-refractivity contribution in [3.05, 3.63) is 23.8 Å². The number of carboxylic acid groups (broad SMARTS) is 1. The molecule has 0 aromatic carbocycles. The SMILES string of the molecule is CCC(CC=CCCC(=O)O)CCCCCCC1C=C(CO)CC1. The molecule has 2 atom stereocenters. The first-order valence-electron chi connectivity index (χ1n) is 9.82. The van der Waals surface area contributed by atoms with Gasteiger partial charge in [-0.3, -0.25) is 4.79 Å². The molecule has 0 saturated heterocycles. The molecule has 0 saturated carbocycles. The van der Waals surface area contributed by atoms with Crippen LogP contribution in [0.5, 0.6) is 0 Å². The predicted octanol–water partition coefficient (Wildman–Crippen LogP) is 5.49. The molecule has 0 aromatic heterocycles. The Morgan fingerprint density at radius 3 is 2.75 bits per heavy atom. The molecular formula is C21H36O3. The van der Waals surface area contributed by atoms with Crippen LogP contribution in [0.15, 0.2) is 23.8 Å². The first-order chi connectivity index (χ1) is 11.7. The quantitative estimate of drug-likeness (QED) is 0.325. The van der Waals surface area contributed by atoms with Gasteiger partial charge in [-0.1, -0.05) is 63.7 Å². The highest BCUT2D eigenvalue weighted by atomic mass is 16.4. The first kappa shape index (κ1) is 21.0. The molecular weight excluding hydrogens is 300 g/mol. The maximum Gasteiger partial charge on any atom is 0.303 e. The van der Waals surface area contributed by atoms with Crippen LogP contribution >= 0.6 is 0 Å². The van der Waals surface area contributed by atoms with Crippen molar-refractivity contribution in [3.8, 4) is 0 Å². The van der Waals surface area contributed by atoms with Gasteiger partial charge in [-0.25, -0.2) is 0 Å². The number of carboxylic acids is 1. The molecule has 0 heterocycles. The van der Waals surface area contributed by atoms with Crippen molar-refractivity contribution >= 4 is 5.97 Å². The fourth-order valence-corrected chi connectivity index (χ4v) is 3.53. The van der Waals surface area contributed by atoms with Crippen molar-refractivity contribution in [2.24, 2.45) is 11.8 Å². The van der Waals surface area contributed by atoms with Gasteiger partial charge in [0.1, 0.15) is 0 Å². The molecule has 3 heteroatoms. The zero-order valence-electron chi connectivity index (χ0n) is 15.4. The van der Waals surface area contributed by atoms with Gasteiger partial charge < -0.3 is 10.2 Å². The van der Waals surface area contributed by atoms with Gasteiger partial charge in [0.2, 0.25) is 0 Å². The third-order valence-electron chi connectivity index (χ3n) is 5.19. The molecule has 0 amide bonds. The Labute approximate surface area is 147 Å². The van der Waals surface area contributed by atoms with Crippen LogP contribution in [0.2, 0.25) is 0 Å². The second-order valence-electron chi connectivity index (χ2n) is 7.19. The molecule has 138 valence electrons. The molecule has 1 aliphatic carbocycles. The van der Waals surface area contributed by atoms with Gasteiger partial charge in [-0.05, 0) is 49.5 Å². The van der Waals surface area contributed by atoms with Gasteiger partial charge >= 0.3 is 5.97 Å². The van der Waals surface area contributed by atoms with Crippen LogP contribution in [0.1, 0.15) is 84.0 Å². The van der Waals surface area contributed by atoms with Crippen LogP contribution in [0, 0.1) is 11.8 Å². The topological polar surface area (TPSA) is 57.5 Å². The molecule has 0 spiro atoms. The fourth-order valence-electron chi connectivity index (χ4n) is 3.53. The lowest BCUT2D eigenvalue weighted by Gasteiger charge is -2.12. The van der Waals surface area contributed by atoms with Crippen LogP contribution in [0.25, 0.3) is 0 Å².